The summed E-state index contributed by atoms with van der Waals surface area (Å²) in [4.78, 5) is 26.3. The number of hydrogen-bond acceptors (Lipinski definition) is 5. The highest BCUT2D eigenvalue weighted by atomic mass is 32.1. The van der Waals surface area contributed by atoms with Gasteiger partial charge >= 0.3 is 5.97 Å². The molecule has 0 saturated carbocycles. The second-order valence-electron chi connectivity index (χ2n) is 4.97. The number of nitrogens with one attached hydrogen (secondary N) is 1. The number of thiazole rings is 1. The lowest BCUT2D eigenvalue weighted by atomic mass is 10.1. The number of rotatable bonds is 8. The van der Waals surface area contributed by atoms with Gasteiger partial charge in [-0.25, -0.2) is 4.98 Å². The van der Waals surface area contributed by atoms with Gasteiger partial charge in [-0.05, 0) is 12.3 Å². The molecule has 6 nitrogen and oxygen atoms in total. The van der Waals surface area contributed by atoms with Gasteiger partial charge in [0, 0.05) is 18.3 Å². The van der Waals surface area contributed by atoms with Crippen LogP contribution in [-0.4, -0.2) is 28.5 Å². The van der Waals surface area contributed by atoms with E-state index < -0.39 is 5.97 Å². The third-order valence-corrected chi connectivity index (χ3v) is 3.80. The first-order valence-corrected chi connectivity index (χ1v) is 7.46. The van der Waals surface area contributed by atoms with Gasteiger partial charge in [-0.3, -0.25) is 9.59 Å². The molecular formula is C13H21N3O3S. The van der Waals surface area contributed by atoms with E-state index in [1.807, 2.05) is 19.2 Å². The first kappa shape index (κ1) is 16.6. The molecule has 0 saturated heterocycles. The van der Waals surface area contributed by atoms with Crippen LogP contribution in [0, 0.1) is 5.92 Å². The molecule has 1 atom stereocenters. The first-order valence-electron chi connectivity index (χ1n) is 6.58. The zero-order valence-corrected chi connectivity index (χ0v) is 12.6. The third-order valence-electron chi connectivity index (χ3n) is 2.80. The SMILES string of the molecule is CC(C)C(N)c1nc(CC(=O)NCCCC(=O)O)cs1. The summed E-state index contributed by atoms with van der Waals surface area (Å²) >= 11 is 1.47. The second kappa shape index (κ2) is 7.96. The molecule has 0 aliphatic heterocycles. The largest absolute Gasteiger partial charge is 0.481 e. The molecule has 0 fully saturated rings. The Labute approximate surface area is 122 Å². The first-order chi connectivity index (χ1) is 9.40. The van der Waals surface area contributed by atoms with Gasteiger partial charge in [0.25, 0.3) is 0 Å². The second-order valence-corrected chi connectivity index (χ2v) is 5.86. The van der Waals surface area contributed by atoms with Gasteiger partial charge in [0.05, 0.1) is 18.2 Å². The number of carboxylic acid groups (broad SMARTS) is 1. The van der Waals surface area contributed by atoms with Crippen molar-refractivity contribution >= 4 is 23.2 Å². The summed E-state index contributed by atoms with van der Waals surface area (Å²) in [7, 11) is 0. The predicted octanol–water partition coefficient (Wildman–Crippen LogP) is 1.32. The maximum Gasteiger partial charge on any atom is 0.303 e. The summed E-state index contributed by atoms with van der Waals surface area (Å²) in [5.41, 5.74) is 6.71. The number of aromatic nitrogens is 1. The molecule has 7 heteroatoms. The van der Waals surface area contributed by atoms with Gasteiger partial charge in [0.15, 0.2) is 0 Å². The minimum absolute atomic E-state index is 0.0599. The highest BCUT2D eigenvalue weighted by molar-refractivity contribution is 7.09. The summed E-state index contributed by atoms with van der Waals surface area (Å²) < 4.78 is 0. The van der Waals surface area contributed by atoms with Crippen LogP contribution < -0.4 is 11.1 Å². The lowest BCUT2D eigenvalue weighted by Gasteiger charge is -2.11. The molecule has 0 aliphatic rings. The van der Waals surface area contributed by atoms with Gasteiger partial charge in [-0.2, -0.15) is 0 Å². The van der Waals surface area contributed by atoms with Crippen LogP contribution in [0.15, 0.2) is 5.38 Å². The molecule has 20 heavy (non-hydrogen) atoms. The third kappa shape index (κ3) is 5.66. The van der Waals surface area contributed by atoms with Gasteiger partial charge < -0.3 is 16.2 Å². The van der Waals surface area contributed by atoms with Crippen LogP contribution in [0.4, 0.5) is 0 Å². The maximum absolute atomic E-state index is 11.6. The number of carboxylic acids is 1. The van der Waals surface area contributed by atoms with Crippen molar-refractivity contribution in [2.24, 2.45) is 11.7 Å². The van der Waals surface area contributed by atoms with E-state index in [9.17, 15) is 9.59 Å². The van der Waals surface area contributed by atoms with Gasteiger partial charge in [0.2, 0.25) is 5.91 Å². The van der Waals surface area contributed by atoms with Crippen LogP contribution in [0.3, 0.4) is 0 Å². The summed E-state index contributed by atoms with van der Waals surface area (Å²) in [5, 5.41) is 13.8. The zero-order valence-electron chi connectivity index (χ0n) is 11.8. The molecule has 0 bridgehead atoms. The Kier molecular flexibility index (Phi) is 6.60. The Bertz CT molecular complexity index is 459. The monoisotopic (exact) mass is 299 g/mol. The lowest BCUT2D eigenvalue weighted by Crippen LogP contribution is -2.26. The number of carbonyl (C=O) groups excluding carboxylic acids is 1. The van der Waals surface area contributed by atoms with Crippen molar-refractivity contribution in [2.45, 2.75) is 39.2 Å². The van der Waals surface area contributed by atoms with Crippen molar-refractivity contribution in [1.82, 2.24) is 10.3 Å². The summed E-state index contributed by atoms with van der Waals surface area (Å²) in [6, 6.07) is -0.104. The van der Waals surface area contributed by atoms with Crippen LogP contribution in [-0.2, 0) is 16.0 Å². The zero-order chi connectivity index (χ0) is 15.1. The van der Waals surface area contributed by atoms with Crippen LogP contribution in [0.1, 0.15) is 43.4 Å². The number of aliphatic carboxylic acids is 1. The van der Waals surface area contributed by atoms with E-state index in [2.05, 4.69) is 10.3 Å². The minimum Gasteiger partial charge on any atom is -0.481 e. The molecule has 0 radical (unpaired) electrons. The molecule has 1 rings (SSSR count). The lowest BCUT2D eigenvalue weighted by molar-refractivity contribution is -0.137. The highest BCUT2D eigenvalue weighted by Gasteiger charge is 2.15. The average molecular weight is 299 g/mol. The Morgan fingerprint density at radius 2 is 2.20 bits per heavy atom. The summed E-state index contributed by atoms with van der Waals surface area (Å²) in [6.45, 7) is 4.43. The maximum atomic E-state index is 11.6. The summed E-state index contributed by atoms with van der Waals surface area (Å²) in [5.74, 6) is -0.699. The molecular weight excluding hydrogens is 278 g/mol. The fourth-order valence-corrected chi connectivity index (χ4v) is 2.53. The van der Waals surface area contributed by atoms with Gasteiger partial charge in [0.1, 0.15) is 5.01 Å². The van der Waals surface area contributed by atoms with E-state index in [0.29, 0.717) is 24.6 Å². The van der Waals surface area contributed by atoms with E-state index in [1.165, 1.54) is 11.3 Å². The van der Waals surface area contributed by atoms with Crippen LogP contribution in [0.2, 0.25) is 0 Å². The number of amides is 1. The molecule has 4 N–H and O–H groups in total. The molecule has 0 aliphatic carbocycles. The molecule has 0 spiro atoms. The summed E-state index contributed by atoms with van der Waals surface area (Å²) in [6.07, 6.45) is 0.695. The van der Waals surface area contributed by atoms with Crippen LogP contribution in [0.5, 0.6) is 0 Å². The fourth-order valence-electron chi connectivity index (χ4n) is 1.54. The van der Waals surface area contributed by atoms with Crippen LogP contribution >= 0.6 is 11.3 Å². The molecule has 1 heterocycles. The van der Waals surface area contributed by atoms with Crippen molar-refractivity contribution in [3.8, 4) is 0 Å². The highest BCUT2D eigenvalue weighted by Crippen LogP contribution is 2.22. The Balaban J connectivity index is 2.37. The Morgan fingerprint density at radius 3 is 2.80 bits per heavy atom. The van der Waals surface area contributed by atoms with E-state index in [1.54, 1.807) is 0 Å². The van der Waals surface area contributed by atoms with Crippen LogP contribution in [0.25, 0.3) is 0 Å². The van der Waals surface area contributed by atoms with Gasteiger partial charge in [-0.1, -0.05) is 13.8 Å². The molecule has 112 valence electrons. The quantitative estimate of drug-likeness (QED) is 0.628. The number of carbonyl (C=O) groups is 2. The molecule has 0 aromatic carbocycles. The van der Waals surface area contributed by atoms with E-state index in [4.69, 9.17) is 10.8 Å². The van der Waals surface area contributed by atoms with Crippen molar-refractivity contribution in [1.29, 1.82) is 0 Å². The molecule has 1 unspecified atom stereocenters. The van der Waals surface area contributed by atoms with Crippen molar-refractivity contribution < 1.29 is 14.7 Å². The number of nitrogens with two attached hydrogens (primary N) is 1. The van der Waals surface area contributed by atoms with Crippen molar-refractivity contribution in [3.05, 3.63) is 16.1 Å². The molecule has 1 amide bonds. The van der Waals surface area contributed by atoms with E-state index >= 15 is 0 Å². The smallest absolute Gasteiger partial charge is 0.303 e. The van der Waals surface area contributed by atoms with Crippen molar-refractivity contribution in [3.63, 3.8) is 0 Å². The fraction of sp³-hybridized carbons (Fsp3) is 0.615. The minimum atomic E-state index is -0.855. The topological polar surface area (TPSA) is 105 Å². The van der Waals surface area contributed by atoms with E-state index in [-0.39, 0.29) is 24.8 Å². The normalized spacial score (nSPS) is 12.4. The molecule has 1 aromatic rings. The average Bonchev–Trinajstić information content (AvgIpc) is 2.81. The standard InChI is InChI=1S/C13H21N3O3S/c1-8(2)12(14)13-16-9(7-20-13)6-10(17)15-5-3-4-11(18)19/h7-8,12H,3-6,14H2,1-2H3,(H,15,17)(H,18,19). The predicted molar refractivity (Wildman–Crippen MR) is 77.5 cm³/mol. The van der Waals surface area contributed by atoms with Crippen molar-refractivity contribution in [2.75, 3.05) is 6.54 Å². The Morgan fingerprint density at radius 1 is 1.50 bits per heavy atom. The molecule has 1 aromatic heterocycles. The van der Waals surface area contributed by atoms with E-state index in [0.717, 1.165) is 5.01 Å². The Hall–Kier alpha value is -1.47. The number of nitrogens with zero attached hydrogens (tertiary/aromatic N) is 1. The number of hydrogen-bond donors (Lipinski definition) is 3. The van der Waals surface area contributed by atoms with Gasteiger partial charge in [-0.15, -0.1) is 11.3 Å².